The highest BCUT2D eigenvalue weighted by Crippen LogP contribution is 2.54. The molecule has 1 aliphatic heterocycles. The third kappa shape index (κ3) is 5.21. The van der Waals surface area contributed by atoms with Crippen molar-refractivity contribution in [1.29, 1.82) is 0 Å². The van der Waals surface area contributed by atoms with Crippen molar-refractivity contribution in [2.24, 2.45) is 5.41 Å². The lowest BCUT2D eigenvalue weighted by molar-refractivity contribution is -0.161. The van der Waals surface area contributed by atoms with Crippen LogP contribution >= 0.6 is 23.2 Å². The lowest BCUT2D eigenvalue weighted by Crippen LogP contribution is -2.53. The SMILES string of the molecule is CC[C@H](c1ccccn1)N1C(=O)[C@](C)(CC(=O)O)C[C@H](c2cccc(Cl)c2)[C@H]1c1ccc(Cl)cc1. The van der Waals surface area contributed by atoms with Crippen LogP contribution in [-0.2, 0) is 9.59 Å². The molecule has 0 aliphatic carbocycles. The molecular formula is C28H28Cl2N2O3. The quantitative estimate of drug-likeness (QED) is 0.368. The molecule has 0 bridgehead atoms. The minimum Gasteiger partial charge on any atom is -0.481 e. The summed E-state index contributed by atoms with van der Waals surface area (Å²) >= 11 is 12.6. The summed E-state index contributed by atoms with van der Waals surface area (Å²) in [6.45, 7) is 3.78. The second-order valence-electron chi connectivity index (χ2n) is 9.38. The first-order chi connectivity index (χ1) is 16.7. The molecular weight excluding hydrogens is 483 g/mol. The van der Waals surface area contributed by atoms with Crippen LogP contribution in [0.15, 0.2) is 72.9 Å². The van der Waals surface area contributed by atoms with Gasteiger partial charge in [0, 0.05) is 22.2 Å². The van der Waals surface area contributed by atoms with Gasteiger partial charge in [0.1, 0.15) is 0 Å². The van der Waals surface area contributed by atoms with Crippen LogP contribution < -0.4 is 0 Å². The van der Waals surface area contributed by atoms with E-state index in [0.29, 0.717) is 22.9 Å². The number of rotatable bonds is 7. The zero-order valence-electron chi connectivity index (χ0n) is 19.7. The Morgan fingerprint density at radius 1 is 1.09 bits per heavy atom. The summed E-state index contributed by atoms with van der Waals surface area (Å²) in [7, 11) is 0. The van der Waals surface area contributed by atoms with Crippen molar-refractivity contribution in [2.75, 3.05) is 0 Å². The van der Waals surface area contributed by atoms with Crippen LogP contribution in [0.1, 0.15) is 67.9 Å². The van der Waals surface area contributed by atoms with Gasteiger partial charge in [0.2, 0.25) is 5.91 Å². The van der Waals surface area contributed by atoms with Crippen molar-refractivity contribution in [3.63, 3.8) is 0 Å². The van der Waals surface area contributed by atoms with Gasteiger partial charge in [0.25, 0.3) is 0 Å². The Kier molecular flexibility index (Phi) is 7.48. The van der Waals surface area contributed by atoms with Crippen LogP contribution in [0.3, 0.4) is 0 Å². The second-order valence-corrected chi connectivity index (χ2v) is 10.3. The fourth-order valence-electron chi connectivity index (χ4n) is 5.34. The van der Waals surface area contributed by atoms with E-state index in [1.54, 1.807) is 13.1 Å². The van der Waals surface area contributed by atoms with Gasteiger partial charge in [-0.15, -0.1) is 0 Å². The number of piperidine rings is 1. The molecule has 4 rings (SSSR count). The van der Waals surface area contributed by atoms with Crippen LogP contribution in [-0.4, -0.2) is 26.9 Å². The number of amides is 1. The number of hydrogen-bond acceptors (Lipinski definition) is 3. The van der Waals surface area contributed by atoms with Gasteiger partial charge in [-0.05, 0) is 60.4 Å². The second kappa shape index (κ2) is 10.4. The number of likely N-dealkylation sites (tertiary alicyclic amines) is 1. The van der Waals surface area contributed by atoms with Gasteiger partial charge in [-0.3, -0.25) is 14.6 Å². The third-order valence-corrected chi connectivity index (χ3v) is 7.37. The minimum atomic E-state index is -1.09. The maximum absolute atomic E-state index is 14.2. The minimum absolute atomic E-state index is 0.185. The van der Waals surface area contributed by atoms with Crippen molar-refractivity contribution >= 4 is 35.1 Å². The Labute approximate surface area is 215 Å². The van der Waals surface area contributed by atoms with Crippen molar-refractivity contribution in [1.82, 2.24) is 9.88 Å². The Morgan fingerprint density at radius 3 is 2.43 bits per heavy atom. The van der Waals surface area contributed by atoms with Crippen LogP contribution in [0.2, 0.25) is 10.0 Å². The van der Waals surface area contributed by atoms with E-state index in [1.165, 1.54) is 0 Å². The molecule has 182 valence electrons. The lowest BCUT2D eigenvalue weighted by Gasteiger charge is -2.51. The Bertz CT molecular complexity index is 1200. The van der Waals surface area contributed by atoms with Crippen LogP contribution in [0.25, 0.3) is 0 Å². The molecule has 2 heterocycles. The van der Waals surface area contributed by atoms with Gasteiger partial charge in [0.05, 0.1) is 29.6 Å². The molecule has 1 fully saturated rings. The molecule has 1 saturated heterocycles. The van der Waals surface area contributed by atoms with Gasteiger partial charge < -0.3 is 10.0 Å². The maximum atomic E-state index is 14.2. The predicted molar refractivity (Wildman–Crippen MR) is 137 cm³/mol. The molecule has 0 unspecified atom stereocenters. The molecule has 3 aromatic rings. The molecule has 7 heteroatoms. The van der Waals surface area contributed by atoms with E-state index in [9.17, 15) is 14.7 Å². The van der Waals surface area contributed by atoms with Crippen molar-refractivity contribution in [2.45, 2.75) is 51.1 Å². The normalized spacial score (nSPS) is 23.2. The molecule has 35 heavy (non-hydrogen) atoms. The highest BCUT2D eigenvalue weighted by atomic mass is 35.5. The van der Waals surface area contributed by atoms with Gasteiger partial charge in [0.15, 0.2) is 0 Å². The number of aliphatic carboxylic acids is 1. The Morgan fingerprint density at radius 2 is 1.83 bits per heavy atom. The average Bonchev–Trinajstić information content (AvgIpc) is 2.83. The number of benzene rings is 2. The van der Waals surface area contributed by atoms with Crippen LogP contribution in [0.5, 0.6) is 0 Å². The Balaban J connectivity index is 1.95. The summed E-state index contributed by atoms with van der Waals surface area (Å²) in [5.74, 6) is -1.37. The summed E-state index contributed by atoms with van der Waals surface area (Å²) in [6.07, 6.45) is 2.46. The summed E-state index contributed by atoms with van der Waals surface area (Å²) in [5, 5.41) is 10.9. The number of carbonyl (C=O) groups excluding carboxylic acids is 1. The predicted octanol–water partition coefficient (Wildman–Crippen LogP) is 7.08. The number of aromatic nitrogens is 1. The first-order valence-corrected chi connectivity index (χ1v) is 12.5. The lowest BCUT2D eigenvalue weighted by atomic mass is 9.67. The van der Waals surface area contributed by atoms with E-state index >= 15 is 0 Å². The number of pyridine rings is 1. The monoisotopic (exact) mass is 510 g/mol. The highest BCUT2D eigenvalue weighted by Gasteiger charge is 2.52. The number of carboxylic acids is 1. The number of carbonyl (C=O) groups is 2. The molecule has 4 atom stereocenters. The van der Waals surface area contributed by atoms with Crippen LogP contribution in [0, 0.1) is 5.41 Å². The van der Waals surface area contributed by atoms with E-state index in [4.69, 9.17) is 23.2 Å². The summed E-state index contributed by atoms with van der Waals surface area (Å²) in [6, 6.07) is 20.1. The smallest absolute Gasteiger partial charge is 0.304 e. The van der Waals surface area contributed by atoms with Crippen molar-refractivity contribution < 1.29 is 14.7 Å². The zero-order valence-corrected chi connectivity index (χ0v) is 21.2. The largest absolute Gasteiger partial charge is 0.481 e. The molecule has 0 spiro atoms. The highest BCUT2D eigenvalue weighted by molar-refractivity contribution is 6.30. The zero-order chi connectivity index (χ0) is 25.2. The van der Waals surface area contributed by atoms with E-state index < -0.39 is 11.4 Å². The number of halogens is 2. The first kappa shape index (κ1) is 25.2. The van der Waals surface area contributed by atoms with Crippen molar-refractivity contribution in [3.05, 3.63) is 99.8 Å². The fourth-order valence-corrected chi connectivity index (χ4v) is 5.67. The summed E-state index contributed by atoms with van der Waals surface area (Å²) < 4.78 is 0. The standard InChI is InChI=1S/C28H28Cl2N2O3/c1-3-24(23-9-4-5-14-31-23)32-26(18-10-12-20(29)13-11-18)22(19-7-6-8-21(30)15-19)16-28(2,27(32)35)17-25(33)34/h4-15,22,24,26H,3,16-17H2,1-2H3,(H,33,34)/t22-,24-,26-,28+/m1/s1. The van der Waals surface area contributed by atoms with E-state index in [1.807, 2.05) is 78.6 Å². The third-order valence-electron chi connectivity index (χ3n) is 6.88. The molecule has 1 N–H and O–H groups in total. The van der Waals surface area contributed by atoms with E-state index in [2.05, 4.69) is 4.98 Å². The van der Waals surface area contributed by atoms with E-state index in [-0.39, 0.29) is 30.3 Å². The van der Waals surface area contributed by atoms with Gasteiger partial charge >= 0.3 is 5.97 Å². The summed E-state index contributed by atoms with van der Waals surface area (Å²) in [5.41, 5.74) is 1.57. The molecule has 5 nitrogen and oxygen atoms in total. The molecule has 0 radical (unpaired) electrons. The van der Waals surface area contributed by atoms with Crippen LogP contribution in [0.4, 0.5) is 0 Å². The molecule has 1 aliphatic rings. The number of nitrogens with zero attached hydrogens (tertiary/aromatic N) is 2. The summed E-state index contributed by atoms with van der Waals surface area (Å²) in [4.78, 5) is 32.6. The molecule has 1 aromatic heterocycles. The van der Waals surface area contributed by atoms with Gasteiger partial charge in [-0.25, -0.2) is 0 Å². The number of hydrogen-bond donors (Lipinski definition) is 1. The van der Waals surface area contributed by atoms with Crippen molar-refractivity contribution in [3.8, 4) is 0 Å². The maximum Gasteiger partial charge on any atom is 0.304 e. The van der Waals surface area contributed by atoms with Gasteiger partial charge in [-0.2, -0.15) is 0 Å². The fraction of sp³-hybridized carbons (Fsp3) is 0.321. The van der Waals surface area contributed by atoms with Gasteiger partial charge in [-0.1, -0.05) is 67.4 Å². The Hall–Kier alpha value is -2.89. The molecule has 1 amide bonds. The number of carboxylic acid groups (broad SMARTS) is 1. The average molecular weight is 511 g/mol. The van der Waals surface area contributed by atoms with E-state index in [0.717, 1.165) is 16.8 Å². The molecule has 0 saturated carbocycles. The topological polar surface area (TPSA) is 70.5 Å². The molecule has 2 aromatic carbocycles. The first-order valence-electron chi connectivity index (χ1n) is 11.7.